The zero-order valence-corrected chi connectivity index (χ0v) is 22.9. The Morgan fingerprint density at radius 2 is 1.37 bits per heavy atom. The van der Waals surface area contributed by atoms with Gasteiger partial charge in [-0.05, 0) is 23.8 Å². The van der Waals surface area contributed by atoms with Gasteiger partial charge in [0.2, 0.25) is 10.0 Å². The standard InChI is InChI=1S/C26H28F6N4O4S/c1-33(23(37)18-12-19(25(27,28)29)14-20(13-18)26(30,31)32)22-16-35(15-21(22)17-6-4-3-5-7-17)24(38)34-8-10-36(11-9-34)41(2,39)40/h3-7,12-14,21-22H,8-11,15-16H2,1-2H3. The number of likely N-dealkylation sites (tertiary alicyclic amines) is 1. The normalized spacial score (nSPS) is 20.8. The van der Waals surface area contributed by atoms with Crippen LogP contribution in [0.2, 0.25) is 0 Å². The number of hydrogen-bond donors (Lipinski definition) is 0. The van der Waals surface area contributed by atoms with E-state index in [1.165, 1.54) is 21.2 Å². The second kappa shape index (κ2) is 11.2. The summed E-state index contributed by atoms with van der Waals surface area (Å²) in [5.41, 5.74) is -3.24. The number of amides is 3. The van der Waals surface area contributed by atoms with Crippen molar-refractivity contribution in [3.63, 3.8) is 0 Å². The Bertz CT molecular complexity index is 1360. The Morgan fingerprint density at radius 3 is 1.85 bits per heavy atom. The average molecular weight is 607 g/mol. The molecule has 4 rings (SSSR count). The molecule has 2 unspecified atom stereocenters. The average Bonchev–Trinajstić information content (AvgIpc) is 3.36. The largest absolute Gasteiger partial charge is 0.416 e. The first-order valence-electron chi connectivity index (χ1n) is 12.6. The molecular formula is C26H28F6N4O4S. The van der Waals surface area contributed by atoms with E-state index in [9.17, 15) is 44.3 Å². The SMILES string of the molecule is CN(C(=O)c1cc(C(F)(F)F)cc(C(F)(F)F)c1)C1CN(C(=O)N2CCN(S(C)(=O)=O)CC2)CC1c1ccccc1. The van der Waals surface area contributed by atoms with Gasteiger partial charge in [0.05, 0.1) is 23.4 Å². The molecule has 2 aromatic carbocycles. The minimum absolute atomic E-state index is 0.0297. The van der Waals surface area contributed by atoms with E-state index < -0.39 is 63.0 Å². The van der Waals surface area contributed by atoms with Crippen molar-refractivity contribution in [2.75, 3.05) is 52.6 Å². The molecule has 2 fully saturated rings. The molecule has 15 heteroatoms. The predicted octanol–water partition coefficient (Wildman–Crippen LogP) is 3.96. The Kier molecular flexibility index (Phi) is 8.33. The van der Waals surface area contributed by atoms with Crippen LogP contribution in [0.15, 0.2) is 48.5 Å². The van der Waals surface area contributed by atoms with Crippen molar-refractivity contribution in [3.8, 4) is 0 Å². The molecule has 0 spiro atoms. The van der Waals surface area contributed by atoms with Gasteiger partial charge in [0.1, 0.15) is 0 Å². The van der Waals surface area contributed by atoms with Gasteiger partial charge in [-0.1, -0.05) is 30.3 Å². The summed E-state index contributed by atoms with van der Waals surface area (Å²) >= 11 is 0. The van der Waals surface area contributed by atoms with Crippen LogP contribution in [0.4, 0.5) is 31.1 Å². The molecule has 2 atom stereocenters. The number of rotatable bonds is 4. The van der Waals surface area contributed by atoms with Gasteiger partial charge in [-0.25, -0.2) is 13.2 Å². The third-order valence-electron chi connectivity index (χ3n) is 7.42. The van der Waals surface area contributed by atoms with Crippen LogP contribution in [0.25, 0.3) is 0 Å². The third-order valence-corrected chi connectivity index (χ3v) is 8.72. The summed E-state index contributed by atoms with van der Waals surface area (Å²) < 4.78 is 105. The Morgan fingerprint density at radius 1 is 0.829 bits per heavy atom. The molecule has 0 saturated carbocycles. The molecule has 2 aliphatic rings. The van der Waals surface area contributed by atoms with E-state index in [0.717, 1.165) is 16.7 Å². The zero-order valence-electron chi connectivity index (χ0n) is 22.1. The Balaban J connectivity index is 1.61. The maximum Gasteiger partial charge on any atom is 0.416 e. The quantitative estimate of drug-likeness (QED) is 0.494. The van der Waals surface area contributed by atoms with Gasteiger partial charge < -0.3 is 14.7 Å². The molecule has 2 heterocycles. The second-order valence-corrected chi connectivity index (χ2v) is 12.1. The fraction of sp³-hybridized carbons (Fsp3) is 0.462. The summed E-state index contributed by atoms with van der Waals surface area (Å²) in [5, 5.41) is 0. The number of piperazine rings is 1. The molecule has 3 amide bonds. The number of carbonyl (C=O) groups excluding carboxylic acids is 2. The lowest BCUT2D eigenvalue weighted by molar-refractivity contribution is -0.143. The molecule has 0 aromatic heterocycles. The van der Waals surface area contributed by atoms with Crippen molar-refractivity contribution < 1.29 is 44.3 Å². The van der Waals surface area contributed by atoms with E-state index in [0.29, 0.717) is 12.1 Å². The van der Waals surface area contributed by atoms with Crippen LogP contribution in [0.1, 0.15) is 33.0 Å². The van der Waals surface area contributed by atoms with Crippen LogP contribution in [0.3, 0.4) is 0 Å². The van der Waals surface area contributed by atoms with E-state index in [4.69, 9.17) is 0 Å². The molecule has 0 N–H and O–H groups in total. The number of alkyl halides is 6. The van der Waals surface area contributed by atoms with Gasteiger partial charge in [0.25, 0.3) is 5.91 Å². The number of sulfonamides is 1. The number of carbonyl (C=O) groups is 2. The van der Waals surface area contributed by atoms with Crippen molar-refractivity contribution in [3.05, 3.63) is 70.8 Å². The minimum Gasteiger partial charge on any atom is -0.336 e. The fourth-order valence-electron chi connectivity index (χ4n) is 5.21. The maximum atomic E-state index is 13.4. The highest BCUT2D eigenvalue weighted by atomic mass is 32.2. The molecule has 2 saturated heterocycles. The smallest absolute Gasteiger partial charge is 0.336 e. The van der Waals surface area contributed by atoms with Gasteiger partial charge in [-0.2, -0.15) is 30.6 Å². The molecule has 0 radical (unpaired) electrons. The molecular weight excluding hydrogens is 578 g/mol. The molecule has 224 valence electrons. The summed E-state index contributed by atoms with van der Waals surface area (Å²) in [7, 11) is -2.14. The highest BCUT2D eigenvalue weighted by Crippen LogP contribution is 2.37. The molecule has 41 heavy (non-hydrogen) atoms. The van der Waals surface area contributed by atoms with Crippen molar-refractivity contribution in [1.82, 2.24) is 19.0 Å². The lowest BCUT2D eigenvalue weighted by Gasteiger charge is -2.35. The first kappa shape index (κ1) is 30.6. The van der Waals surface area contributed by atoms with Gasteiger partial charge in [-0.15, -0.1) is 0 Å². The van der Waals surface area contributed by atoms with Crippen LogP contribution < -0.4 is 0 Å². The van der Waals surface area contributed by atoms with E-state index in [2.05, 4.69) is 0 Å². The summed E-state index contributed by atoms with van der Waals surface area (Å²) in [6.07, 6.45) is -9.15. The Hall–Kier alpha value is -3.33. The number of nitrogens with zero attached hydrogens (tertiary/aromatic N) is 4. The van der Waals surface area contributed by atoms with Crippen molar-refractivity contribution in [2.24, 2.45) is 0 Å². The van der Waals surface area contributed by atoms with Crippen LogP contribution in [-0.2, 0) is 22.4 Å². The highest BCUT2D eigenvalue weighted by molar-refractivity contribution is 7.88. The predicted molar refractivity (Wildman–Crippen MR) is 136 cm³/mol. The lowest BCUT2D eigenvalue weighted by atomic mass is 9.93. The van der Waals surface area contributed by atoms with E-state index in [-0.39, 0.29) is 45.3 Å². The summed E-state index contributed by atoms with van der Waals surface area (Å²) in [6, 6.07) is 8.35. The first-order valence-corrected chi connectivity index (χ1v) is 14.4. The molecule has 0 aliphatic carbocycles. The highest BCUT2D eigenvalue weighted by Gasteiger charge is 2.43. The maximum absolute atomic E-state index is 13.4. The van der Waals surface area contributed by atoms with Crippen molar-refractivity contribution in [2.45, 2.75) is 24.3 Å². The lowest BCUT2D eigenvalue weighted by Crippen LogP contribution is -2.53. The van der Waals surface area contributed by atoms with Gasteiger partial charge >= 0.3 is 18.4 Å². The number of halogens is 6. The van der Waals surface area contributed by atoms with Crippen molar-refractivity contribution >= 4 is 22.0 Å². The number of benzene rings is 2. The number of likely N-dealkylation sites (N-methyl/N-ethyl adjacent to an activating group) is 1. The van der Waals surface area contributed by atoms with E-state index >= 15 is 0 Å². The summed E-state index contributed by atoms with van der Waals surface area (Å²) in [4.78, 5) is 30.8. The third kappa shape index (κ3) is 6.77. The molecule has 0 bridgehead atoms. The zero-order chi connectivity index (χ0) is 30.3. The van der Waals surface area contributed by atoms with Gasteiger partial charge in [-0.3, -0.25) is 4.79 Å². The first-order chi connectivity index (χ1) is 19.0. The monoisotopic (exact) mass is 606 g/mol. The summed E-state index contributed by atoms with van der Waals surface area (Å²) in [6.45, 7) is 0.606. The molecule has 2 aromatic rings. The van der Waals surface area contributed by atoms with Crippen molar-refractivity contribution in [1.29, 1.82) is 0 Å². The van der Waals surface area contributed by atoms with Crippen LogP contribution in [0.5, 0.6) is 0 Å². The van der Waals surface area contributed by atoms with Gasteiger partial charge in [0, 0.05) is 57.8 Å². The molecule has 8 nitrogen and oxygen atoms in total. The van der Waals surface area contributed by atoms with E-state index in [1.54, 1.807) is 30.3 Å². The van der Waals surface area contributed by atoms with Gasteiger partial charge in [0.15, 0.2) is 0 Å². The van der Waals surface area contributed by atoms with Crippen LogP contribution >= 0.6 is 0 Å². The topological polar surface area (TPSA) is 81.2 Å². The van der Waals surface area contributed by atoms with Crippen LogP contribution in [0, 0.1) is 0 Å². The second-order valence-electron chi connectivity index (χ2n) is 10.1. The number of urea groups is 1. The Labute approximate surface area is 233 Å². The number of hydrogen-bond acceptors (Lipinski definition) is 4. The minimum atomic E-state index is -5.11. The fourth-order valence-corrected chi connectivity index (χ4v) is 6.03. The molecule has 2 aliphatic heterocycles. The summed E-state index contributed by atoms with van der Waals surface area (Å²) in [5.74, 6) is -1.54. The van der Waals surface area contributed by atoms with E-state index in [1.807, 2.05) is 0 Å². The van der Waals surface area contributed by atoms with Crippen LogP contribution in [-0.4, -0.2) is 98.0 Å².